The number of piperidine rings is 1. The SMILES string of the molecule is CCOC(=O)C1CCN(Cc2cccc(F)c2F)CC1. The smallest absolute Gasteiger partial charge is 0.309 e. The predicted octanol–water partition coefficient (Wildman–Crippen LogP) is 2.74. The molecule has 1 fully saturated rings. The molecule has 0 bridgehead atoms. The molecule has 0 atom stereocenters. The molecule has 1 heterocycles. The van der Waals surface area contributed by atoms with Crippen LogP contribution in [-0.4, -0.2) is 30.6 Å². The fourth-order valence-corrected chi connectivity index (χ4v) is 2.50. The Labute approximate surface area is 117 Å². The average Bonchev–Trinajstić information content (AvgIpc) is 2.45. The summed E-state index contributed by atoms with van der Waals surface area (Å²) in [4.78, 5) is 13.6. The molecule has 0 saturated carbocycles. The van der Waals surface area contributed by atoms with Crippen LogP contribution in [0.4, 0.5) is 8.78 Å². The first kappa shape index (κ1) is 14.9. The van der Waals surface area contributed by atoms with E-state index in [1.807, 2.05) is 4.90 Å². The first-order valence-corrected chi connectivity index (χ1v) is 6.93. The minimum absolute atomic E-state index is 0.0662. The number of halogens is 2. The Balaban J connectivity index is 1.88. The third kappa shape index (κ3) is 3.54. The molecule has 20 heavy (non-hydrogen) atoms. The number of likely N-dealkylation sites (tertiary alicyclic amines) is 1. The Morgan fingerprint density at radius 2 is 2.05 bits per heavy atom. The fraction of sp³-hybridized carbons (Fsp3) is 0.533. The highest BCUT2D eigenvalue weighted by Gasteiger charge is 2.26. The highest BCUT2D eigenvalue weighted by atomic mass is 19.2. The standard InChI is InChI=1S/C15H19F2NO2/c1-2-20-15(19)11-6-8-18(9-7-11)10-12-4-3-5-13(16)14(12)17/h3-5,11H,2,6-10H2,1H3. The van der Waals surface area contributed by atoms with Gasteiger partial charge in [-0.05, 0) is 38.9 Å². The molecule has 0 unspecified atom stereocenters. The number of nitrogens with zero attached hydrogens (tertiary/aromatic N) is 1. The van der Waals surface area contributed by atoms with Crippen LogP contribution in [0.5, 0.6) is 0 Å². The first-order valence-electron chi connectivity index (χ1n) is 6.93. The van der Waals surface area contributed by atoms with E-state index in [0.717, 1.165) is 6.07 Å². The van der Waals surface area contributed by atoms with E-state index in [4.69, 9.17) is 4.74 Å². The van der Waals surface area contributed by atoms with Gasteiger partial charge in [-0.25, -0.2) is 8.78 Å². The molecule has 0 aromatic heterocycles. The molecule has 0 aliphatic carbocycles. The van der Waals surface area contributed by atoms with Crippen molar-refractivity contribution in [2.75, 3.05) is 19.7 Å². The van der Waals surface area contributed by atoms with E-state index in [0.29, 0.717) is 44.6 Å². The van der Waals surface area contributed by atoms with Crippen molar-refractivity contribution in [3.05, 3.63) is 35.4 Å². The summed E-state index contributed by atoms with van der Waals surface area (Å²) >= 11 is 0. The second-order valence-electron chi connectivity index (χ2n) is 5.02. The predicted molar refractivity (Wildman–Crippen MR) is 71.0 cm³/mol. The van der Waals surface area contributed by atoms with E-state index >= 15 is 0 Å². The summed E-state index contributed by atoms with van der Waals surface area (Å²) in [5, 5.41) is 0. The third-order valence-corrected chi connectivity index (χ3v) is 3.63. The minimum Gasteiger partial charge on any atom is -0.466 e. The normalized spacial score (nSPS) is 17.1. The van der Waals surface area contributed by atoms with Crippen molar-refractivity contribution in [3.8, 4) is 0 Å². The third-order valence-electron chi connectivity index (χ3n) is 3.63. The van der Waals surface area contributed by atoms with Gasteiger partial charge in [0.25, 0.3) is 0 Å². The summed E-state index contributed by atoms with van der Waals surface area (Å²) in [6.45, 7) is 3.95. The maximum absolute atomic E-state index is 13.6. The number of carbonyl (C=O) groups excluding carboxylic acids is 1. The molecular formula is C15H19F2NO2. The largest absolute Gasteiger partial charge is 0.466 e. The fourth-order valence-electron chi connectivity index (χ4n) is 2.50. The molecule has 1 aromatic carbocycles. The quantitative estimate of drug-likeness (QED) is 0.796. The number of hydrogen-bond acceptors (Lipinski definition) is 3. The topological polar surface area (TPSA) is 29.5 Å². The number of carbonyl (C=O) groups is 1. The van der Waals surface area contributed by atoms with Crippen molar-refractivity contribution in [1.82, 2.24) is 4.90 Å². The summed E-state index contributed by atoms with van der Waals surface area (Å²) in [6.07, 6.45) is 1.41. The second-order valence-corrected chi connectivity index (χ2v) is 5.02. The Bertz CT molecular complexity index is 471. The van der Waals surface area contributed by atoms with Crippen LogP contribution in [0.25, 0.3) is 0 Å². The summed E-state index contributed by atoms with van der Waals surface area (Å²) in [5.41, 5.74) is 0.361. The van der Waals surface area contributed by atoms with Crippen LogP contribution >= 0.6 is 0 Å². The minimum atomic E-state index is -0.816. The van der Waals surface area contributed by atoms with Gasteiger partial charge < -0.3 is 4.74 Å². The van der Waals surface area contributed by atoms with Crippen LogP contribution in [0.3, 0.4) is 0 Å². The van der Waals surface area contributed by atoms with Gasteiger partial charge in [-0.3, -0.25) is 9.69 Å². The highest BCUT2D eigenvalue weighted by molar-refractivity contribution is 5.72. The molecule has 1 aliphatic heterocycles. The van der Waals surface area contributed by atoms with E-state index in [1.54, 1.807) is 13.0 Å². The lowest BCUT2D eigenvalue weighted by Crippen LogP contribution is -2.36. The second kappa shape index (κ2) is 6.79. The van der Waals surface area contributed by atoms with E-state index in [1.165, 1.54) is 6.07 Å². The van der Waals surface area contributed by atoms with E-state index in [2.05, 4.69) is 0 Å². The molecule has 0 radical (unpaired) electrons. The van der Waals surface area contributed by atoms with Crippen molar-refractivity contribution >= 4 is 5.97 Å². The summed E-state index contributed by atoms with van der Waals surface area (Å²) in [7, 11) is 0. The van der Waals surface area contributed by atoms with E-state index in [-0.39, 0.29) is 11.9 Å². The number of ether oxygens (including phenoxy) is 1. The van der Waals surface area contributed by atoms with Gasteiger partial charge in [-0.15, -0.1) is 0 Å². The van der Waals surface area contributed by atoms with E-state index < -0.39 is 11.6 Å². The van der Waals surface area contributed by atoms with Gasteiger partial charge in [-0.1, -0.05) is 12.1 Å². The van der Waals surface area contributed by atoms with Crippen LogP contribution in [0, 0.1) is 17.6 Å². The Morgan fingerprint density at radius 1 is 1.35 bits per heavy atom. The zero-order valence-corrected chi connectivity index (χ0v) is 11.6. The summed E-state index contributed by atoms with van der Waals surface area (Å²) in [6, 6.07) is 4.22. The average molecular weight is 283 g/mol. The zero-order valence-electron chi connectivity index (χ0n) is 11.6. The van der Waals surface area contributed by atoms with Crippen LogP contribution in [0.15, 0.2) is 18.2 Å². The van der Waals surface area contributed by atoms with Gasteiger partial charge >= 0.3 is 5.97 Å². The molecule has 0 spiro atoms. The lowest BCUT2D eigenvalue weighted by Gasteiger charge is -2.30. The van der Waals surface area contributed by atoms with Gasteiger partial charge in [-0.2, -0.15) is 0 Å². The van der Waals surface area contributed by atoms with Crippen LogP contribution in [0.2, 0.25) is 0 Å². The highest BCUT2D eigenvalue weighted by Crippen LogP contribution is 2.21. The zero-order chi connectivity index (χ0) is 14.5. The van der Waals surface area contributed by atoms with Crippen molar-refractivity contribution in [2.24, 2.45) is 5.92 Å². The molecule has 0 N–H and O–H groups in total. The molecule has 110 valence electrons. The monoisotopic (exact) mass is 283 g/mol. The van der Waals surface area contributed by atoms with E-state index in [9.17, 15) is 13.6 Å². The Kier molecular flexibility index (Phi) is 5.06. The van der Waals surface area contributed by atoms with Crippen molar-refractivity contribution in [3.63, 3.8) is 0 Å². The van der Waals surface area contributed by atoms with Gasteiger partial charge in [0.2, 0.25) is 0 Å². The first-order chi connectivity index (χ1) is 9.61. The van der Waals surface area contributed by atoms with Crippen molar-refractivity contribution in [2.45, 2.75) is 26.3 Å². The van der Waals surface area contributed by atoms with Gasteiger partial charge in [0, 0.05) is 12.1 Å². The van der Waals surface area contributed by atoms with Gasteiger partial charge in [0.15, 0.2) is 11.6 Å². The molecule has 1 saturated heterocycles. The molecule has 5 heteroatoms. The molecule has 2 rings (SSSR count). The molecule has 0 amide bonds. The molecule has 1 aromatic rings. The van der Waals surface area contributed by atoms with Crippen LogP contribution < -0.4 is 0 Å². The van der Waals surface area contributed by atoms with Gasteiger partial charge in [0.05, 0.1) is 12.5 Å². The number of rotatable bonds is 4. The Morgan fingerprint density at radius 3 is 2.70 bits per heavy atom. The molecular weight excluding hydrogens is 264 g/mol. The Hall–Kier alpha value is -1.49. The molecule has 3 nitrogen and oxygen atoms in total. The lowest BCUT2D eigenvalue weighted by molar-refractivity contribution is -0.149. The maximum Gasteiger partial charge on any atom is 0.309 e. The summed E-state index contributed by atoms with van der Waals surface area (Å²) < 4.78 is 31.7. The van der Waals surface area contributed by atoms with Crippen LogP contribution in [-0.2, 0) is 16.1 Å². The summed E-state index contributed by atoms with van der Waals surface area (Å²) in [5.74, 6) is -1.81. The lowest BCUT2D eigenvalue weighted by atomic mass is 9.96. The van der Waals surface area contributed by atoms with Crippen molar-refractivity contribution in [1.29, 1.82) is 0 Å². The van der Waals surface area contributed by atoms with Crippen molar-refractivity contribution < 1.29 is 18.3 Å². The maximum atomic E-state index is 13.6. The van der Waals surface area contributed by atoms with Crippen LogP contribution in [0.1, 0.15) is 25.3 Å². The molecule has 1 aliphatic rings. The van der Waals surface area contributed by atoms with Gasteiger partial charge in [0.1, 0.15) is 0 Å². The number of hydrogen-bond donors (Lipinski definition) is 0. The number of esters is 1. The number of benzene rings is 1.